The molecule has 0 aliphatic carbocycles. The third-order valence-electron chi connectivity index (χ3n) is 21.7. The maximum Gasteiger partial charge on any atom is 0.164 e. The molecule has 0 saturated carbocycles. The second-order valence-electron chi connectivity index (χ2n) is 28.4. The van der Waals surface area contributed by atoms with Gasteiger partial charge in [0.15, 0.2) is 46.6 Å². The molecule has 14 aromatic carbocycles. The quantitative estimate of drug-likeness (QED) is 0.123. The predicted octanol–water partition coefficient (Wildman–Crippen LogP) is 28.2. The Morgan fingerprint density at radius 2 is 0.500 bits per heavy atom. The molecule has 24 aromatic rings. The second kappa shape index (κ2) is 26.1. The Bertz CT molecular complexity index is 8130. The summed E-state index contributed by atoms with van der Waals surface area (Å²) in [6, 6.07) is 112. The number of hydrogen-bond donors (Lipinski definition) is 0. The Labute approximate surface area is 673 Å². The molecule has 0 unspecified atom stereocenters. The molecule has 0 N–H and O–H groups in total. The van der Waals surface area contributed by atoms with Crippen LogP contribution in [0, 0.1) is 0 Å². The number of fused-ring (bicyclic) bond motifs is 18. The van der Waals surface area contributed by atoms with E-state index in [0.717, 1.165) is 159 Å². The number of benzene rings is 14. The average Bonchev–Trinajstić information content (AvgIpc) is 1.56. The summed E-state index contributed by atoms with van der Waals surface area (Å²) in [4.78, 5) is 54.2. The molecule has 10 aromatic heterocycles. The first-order valence-corrected chi connectivity index (χ1v) is 42.3. The second-order valence-corrected chi connectivity index (χ2v) is 34.8. The molecule has 0 saturated heterocycles. The fourth-order valence-corrected chi connectivity index (χ4v) is 23.1. The molecule has 10 heterocycles. The summed E-state index contributed by atoms with van der Waals surface area (Å²) in [5.74, 6) is 4.93. The molecule has 24 rings (SSSR count). The third kappa shape index (κ3) is 10.7. The number of rotatable bonds is 11. The van der Waals surface area contributed by atoms with Crippen molar-refractivity contribution in [2.45, 2.75) is 0 Å². The Kier molecular flexibility index (Phi) is 14.9. The van der Waals surface area contributed by atoms with Gasteiger partial charge in [-0.3, -0.25) is 0 Å². The molecule has 0 atom stereocenters. The fourth-order valence-electron chi connectivity index (χ4n) is 16.2. The highest BCUT2D eigenvalue weighted by atomic mass is 32.1. The van der Waals surface area contributed by atoms with E-state index < -0.39 is 0 Å². The first kappa shape index (κ1) is 65.3. The van der Waals surface area contributed by atoms with E-state index in [0.29, 0.717) is 46.6 Å². The smallest absolute Gasteiger partial charge is 0.164 e. The van der Waals surface area contributed by atoms with Crippen LogP contribution in [-0.4, -0.2) is 49.8 Å². The molecular formula is C98H52N10S6. The normalized spacial score (nSPS) is 12.0. The van der Waals surface area contributed by atoms with Crippen molar-refractivity contribution in [2.75, 3.05) is 0 Å². The summed E-state index contributed by atoms with van der Waals surface area (Å²) < 4.78 is 13.8. The van der Waals surface area contributed by atoms with Gasteiger partial charge in [-0.25, -0.2) is 49.8 Å². The molecular weight excluding hydrogens is 1510 g/mol. The molecule has 114 heavy (non-hydrogen) atoms. The molecule has 0 aliphatic rings. The molecule has 0 bridgehead atoms. The van der Waals surface area contributed by atoms with Gasteiger partial charge in [0.1, 0.15) is 0 Å². The summed E-state index contributed by atoms with van der Waals surface area (Å²) in [7, 11) is 0. The Hall–Kier alpha value is -13.4. The standard InChI is InChI=1S/C98H52N10S6/c1-4-19-54(20-5-1)91-99-85(90-86(101-91)66-27-12-16-32-75(66)114-90)59-41-47-79-72(50-59)83-69(98-106-94(56-23-8-3-9-24-56)104-96(108-98)61-39-43-65-63-25-10-14-30-73(63)111-81(65)52-61)45-44-62(88(83)112-79)53-35-37-57(38-36-53)92-100-84(89-87(102-92)67-28-13-17-33-76(67)113-89)58-40-46-78-71(49-58)82-68(29-18-34-80(82)110-78)97-105-93(55-21-6-2-7-22-55)103-95(107-97)60-42-48-77-70(51-60)64-26-11-15-31-74(64)109-77/h1-52H. The molecule has 0 fully saturated rings. The van der Waals surface area contributed by atoms with Gasteiger partial charge in [0.25, 0.3) is 0 Å². The average molecular weight is 1560 g/mol. The molecule has 530 valence electrons. The predicted molar refractivity (Wildman–Crippen MR) is 482 cm³/mol. The van der Waals surface area contributed by atoms with Crippen LogP contribution in [0.5, 0.6) is 0 Å². The van der Waals surface area contributed by atoms with E-state index in [1.165, 1.54) is 40.3 Å². The molecule has 16 heteroatoms. The van der Waals surface area contributed by atoms with Crippen LogP contribution in [0.2, 0.25) is 0 Å². The highest BCUT2D eigenvalue weighted by Gasteiger charge is 2.26. The maximum absolute atomic E-state index is 5.66. The van der Waals surface area contributed by atoms with E-state index >= 15 is 0 Å². The minimum absolute atomic E-state index is 0.579. The molecule has 0 spiro atoms. The van der Waals surface area contributed by atoms with Gasteiger partial charge in [0, 0.05) is 156 Å². The lowest BCUT2D eigenvalue weighted by molar-refractivity contribution is 1.08. The van der Waals surface area contributed by atoms with Crippen LogP contribution in [-0.2, 0) is 0 Å². The van der Waals surface area contributed by atoms with E-state index in [1.54, 1.807) is 68.0 Å². The topological polar surface area (TPSA) is 129 Å². The van der Waals surface area contributed by atoms with Gasteiger partial charge in [0.05, 0.1) is 31.8 Å². The summed E-state index contributed by atoms with van der Waals surface area (Å²) in [5, 5.41) is 11.4. The Morgan fingerprint density at radius 1 is 0.158 bits per heavy atom. The minimum atomic E-state index is 0.579. The lowest BCUT2D eigenvalue weighted by Gasteiger charge is -2.12. The van der Waals surface area contributed by atoms with Crippen molar-refractivity contribution in [3.63, 3.8) is 0 Å². The van der Waals surface area contributed by atoms with Crippen LogP contribution in [0.3, 0.4) is 0 Å². The van der Waals surface area contributed by atoms with E-state index in [2.05, 4.69) is 261 Å². The summed E-state index contributed by atoms with van der Waals surface area (Å²) in [5.41, 5.74) is 15.1. The highest BCUT2D eigenvalue weighted by molar-refractivity contribution is 7.28. The fraction of sp³-hybridized carbons (Fsp3) is 0. The Morgan fingerprint density at radius 3 is 1.07 bits per heavy atom. The van der Waals surface area contributed by atoms with E-state index in [1.807, 2.05) is 54.6 Å². The summed E-state index contributed by atoms with van der Waals surface area (Å²) in [6.45, 7) is 0. The molecule has 10 nitrogen and oxygen atoms in total. The zero-order valence-corrected chi connectivity index (χ0v) is 64.8. The third-order valence-corrected chi connectivity index (χ3v) is 28.6. The zero-order valence-electron chi connectivity index (χ0n) is 59.9. The summed E-state index contributed by atoms with van der Waals surface area (Å²) >= 11 is 10.6. The lowest BCUT2D eigenvalue weighted by atomic mass is 9.96. The molecule has 0 amide bonds. The first-order valence-electron chi connectivity index (χ1n) is 37.4. The highest BCUT2D eigenvalue weighted by Crippen LogP contribution is 2.50. The van der Waals surface area contributed by atoms with Crippen LogP contribution in [0.1, 0.15) is 0 Å². The largest absolute Gasteiger partial charge is 0.226 e. The number of thiophene rings is 6. The minimum Gasteiger partial charge on any atom is -0.226 e. The van der Waals surface area contributed by atoms with Crippen molar-refractivity contribution in [3.8, 4) is 125 Å². The number of aromatic nitrogens is 10. The van der Waals surface area contributed by atoms with Crippen LogP contribution in [0.4, 0.5) is 0 Å². The first-order chi connectivity index (χ1) is 56.4. The SMILES string of the molecule is c1ccc(-c2nc(-c3ccc4sc5ccccc5c4c3)nc(-c3cccc4sc5ccc(-c6nc(-c7ccc(-c8ccc(-c9nc(-c%10ccccc%10)nc(-c%10ccc%11c(c%10)sc%10ccccc%10%11)n9)c9c8sc8ccc(-c%10nc(-c%11ccccc%11)nc%11c%10sc%10ccccc%10%11)cc89)cc7)nc7c6sc6ccccc67)cc5c34)n2)cc1. The lowest BCUT2D eigenvalue weighted by Crippen LogP contribution is -2.00. The van der Waals surface area contributed by atoms with Crippen molar-refractivity contribution < 1.29 is 0 Å². The maximum atomic E-state index is 5.66. The van der Waals surface area contributed by atoms with E-state index in [9.17, 15) is 0 Å². The van der Waals surface area contributed by atoms with Gasteiger partial charge in [-0.05, 0) is 96.1 Å². The van der Waals surface area contributed by atoms with Crippen LogP contribution < -0.4 is 0 Å². The Balaban J connectivity index is 0.662. The summed E-state index contributed by atoms with van der Waals surface area (Å²) in [6.07, 6.45) is 0. The molecule has 0 aliphatic heterocycles. The van der Waals surface area contributed by atoms with Crippen LogP contribution in [0.25, 0.3) is 246 Å². The van der Waals surface area contributed by atoms with Crippen molar-refractivity contribution in [1.82, 2.24) is 49.8 Å². The van der Waals surface area contributed by atoms with Gasteiger partial charge >= 0.3 is 0 Å². The van der Waals surface area contributed by atoms with Crippen LogP contribution >= 0.6 is 68.0 Å². The zero-order chi connectivity index (χ0) is 74.6. The monoisotopic (exact) mass is 1560 g/mol. The van der Waals surface area contributed by atoms with Crippen LogP contribution in [0.15, 0.2) is 315 Å². The number of nitrogens with zero attached hydrogens (tertiary/aromatic N) is 10. The number of hydrogen-bond acceptors (Lipinski definition) is 16. The van der Waals surface area contributed by atoms with E-state index in [-0.39, 0.29) is 0 Å². The van der Waals surface area contributed by atoms with Gasteiger partial charge in [-0.1, -0.05) is 231 Å². The molecule has 0 radical (unpaired) electrons. The van der Waals surface area contributed by atoms with Crippen molar-refractivity contribution in [1.29, 1.82) is 0 Å². The van der Waals surface area contributed by atoms with Gasteiger partial charge in [0.2, 0.25) is 0 Å². The van der Waals surface area contributed by atoms with Gasteiger partial charge in [-0.2, -0.15) is 0 Å². The van der Waals surface area contributed by atoms with Crippen molar-refractivity contribution >= 4 is 189 Å². The van der Waals surface area contributed by atoms with Crippen molar-refractivity contribution in [3.05, 3.63) is 315 Å². The van der Waals surface area contributed by atoms with E-state index in [4.69, 9.17) is 49.8 Å². The van der Waals surface area contributed by atoms with Gasteiger partial charge in [-0.15, -0.1) is 68.0 Å². The van der Waals surface area contributed by atoms with Crippen molar-refractivity contribution in [2.24, 2.45) is 0 Å². The van der Waals surface area contributed by atoms with Gasteiger partial charge < -0.3 is 0 Å².